The van der Waals surface area contributed by atoms with E-state index >= 15 is 0 Å². The van der Waals surface area contributed by atoms with Gasteiger partial charge < -0.3 is 19.6 Å². The van der Waals surface area contributed by atoms with Crippen LogP contribution >= 0.6 is 0 Å². The number of carbonyl (C=O) groups is 1. The van der Waals surface area contributed by atoms with Crippen LogP contribution in [-0.4, -0.2) is 54.2 Å². The molecule has 7 nitrogen and oxygen atoms in total. The number of benzene rings is 2. The maximum absolute atomic E-state index is 13.4. The Labute approximate surface area is 199 Å². The minimum atomic E-state index is -0.209. The Balaban J connectivity index is 1.45. The van der Waals surface area contributed by atoms with Gasteiger partial charge in [-0.1, -0.05) is 35.0 Å². The first kappa shape index (κ1) is 22.1. The molecule has 34 heavy (non-hydrogen) atoms. The van der Waals surface area contributed by atoms with Gasteiger partial charge in [0.05, 0.1) is 22.3 Å². The molecule has 0 radical (unpaired) electrons. The lowest BCUT2D eigenvalue weighted by Gasteiger charge is -2.35. The van der Waals surface area contributed by atoms with E-state index < -0.39 is 0 Å². The molecular weight excluding hydrogens is 426 g/mol. The summed E-state index contributed by atoms with van der Waals surface area (Å²) in [6.45, 7) is 10.1. The van der Waals surface area contributed by atoms with Crippen LogP contribution < -0.4 is 10.2 Å². The summed E-state index contributed by atoms with van der Waals surface area (Å²) in [5.74, 6) is -0.209. The molecule has 174 valence electrons. The Morgan fingerprint density at radius 1 is 0.971 bits per heavy atom. The van der Waals surface area contributed by atoms with Crippen LogP contribution in [0, 0.1) is 20.8 Å². The number of fused-ring (bicyclic) bond motifs is 1. The molecule has 2 aromatic carbocycles. The first-order chi connectivity index (χ1) is 16.4. The fourth-order valence-corrected chi connectivity index (χ4v) is 4.48. The van der Waals surface area contributed by atoms with E-state index in [-0.39, 0.29) is 5.91 Å². The number of likely N-dealkylation sites (N-methyl/N-ethyl adjacent to an activating group) is 1. The molecule has 1 fully saturated rings. The highest BCUT2D eigenvalue weighted by Gasteiger charge is 2.21. The van der Waals surface area contributed by atoms with E-state index in [4.69, 9.17) is 4.52 Å². The molecule has 1 amide bonds. The molecule has 0 bridgehead atoms. The van der Waals surface area contributed by atoms with Crippen molar-refractivity contribution in [2.75, 3.05) is 43.4 Å². The molecule has 1 saturated heterocycles. The molecule has 0 saturated carbocycles. The summed E-state index contributed by atoms with van der Waals surface area (Å²) in [5.41, 5.74) is 7.38. The number of carbonyl (C=O) groups excluding carboxylic acids is 1. The van der Waals surface area contributed by atoms with Crippen molar-refractivity contribution < 1.29 is 9.32 Å². The summed E-state index contributed by atoms with van der Waals surface area (Å²) < 4.78 is 5.44. The zero-order valence-corrected chi connectivity index (χ0v) is 20.1. The Morgan fingerprint density at radius 3 is 2.41 bits per heavy atom. The molecule has 0 unspecified atom stereocenters. The smallest absolute Gasteiger partial charge is 0.259 e. The lowest BCUT2D eigenvalue weighted by atomic mass is 10.0. The maximum Gasteiger partial charge on any atom is 0.259 e. The Morgan fingerprint density at radius 2 is 1.71 bits per heavy atom. The number of nitrogens with one attached hydrogen (secondary N) is 1. The number of amides is 1. The molecule has 0 aliphatic carbocycles. The molecule has 1 aliphatic heterocycles. The lowest BCUT2D eigenvalue weighted by Crippen LogP contribution is -2.44. The highest BCUT2D eigenvalue weighted by molar-refractivity contribution is 6.13. The number of aromatic nitrogens is 2. The van der Waals surface area contributed by atoms with Gasteiger partial charge in [0.1, 0.15) is 0 Å². The molecule has 0 atom stereocenters. The van der Waals surface area contributed by atoms with Crippen molar-refractivity contribution in [3.05, 3.63) is 70.9 Å². The van der Waals surface area contributed by atoms with E-state index in [9.17, 15) is 4.79 Å². The molecule has 7 heteroatoms. The number of hydrogen-bond donors (Lipinski definition) is 1. The lowest BCUT2D eigenvalue weighted by molar-refractivity contribution is 0.102. The van der Waals surface area contributed by atoms with Gasteiger partial charge in [0.15, 0.2) is 0 Å². The zero-order chi connectivity index (χ0) is 23.8. The van der Waals surface area contributed by atoms with Gasteiger partial charge in [0.2, 0.25) is 0 Å². The molecule has 3 heterocycles. The average Bonchev–Trinajstić information content (AvgIpc) is 3.20. The van der Waals surface area contributed by atoms with Crippen molar-refractivity contribution in [1.82, 2.24) is 15.0 Å². The second kappa shape index (κ2) is 8.91. The number of aryl methyl sites for hydroxylation is 3. The van der Waals surface area contributed by atoms with Crippen molar-refractivity contribution in [2.24, 2.45) is 0 Å². The summed E-state index contributed by atoms with van der Waals surface area (Å²) >= 11 is 0. The van der Waals surface area contributed by atoms with Crippen molar-refractivity contribution >= 4 is 28.4 Å². The van der Waals surface area contributed by atoms with Gasteiger partial charge >= 0.3 is 0 Å². The number of piperazine rings is 1. The highest BCUT2D eigenvalue weighted by Crippen LogP contribution is 2.29. The largest absolute Gasteiger partial charge is 0.369 e. The van der Waals surface area contributed by atoms with Crippen LogP contribution in [0.5, 0.6) is 0 Å². The Bertz CT molecular complexity index is 1350. The van der Waals surface area contributed by atoms with E-state index in [1.165, 1.54) is 5.69 Å². The van der Waals surface area contributed by atoms with Crippen LogP contribution in [0.15, 0.2) is 53.1 Å². The number of hydrogen-bond acceptors (Lipinski definition) is 6. The van der Waals surface area contributed by atoms with Gasteiger partial charge in [-0.25, -0.2) is 4.98 Å². The second-order valence-electron chi connectivity index (χ2n) is 9.11. The summed E-state index contributed by atoms with van der Waals surface area (Å²) in [5, 5.41) is 7.76. The van der Waals surface area contributed by atoms with Gasteiger partial charge in [-0.3, -0.25) is 4.79 Å². The summed E-state index contributed by atoms with van der Waals surface area (Å²) in [4.78, 5) is 22.8. The van der Waals surface area contributed by atoms with Crippen molar-refractivity contribution in [3.8, 4) is 11.3 Å². The second-order valence-corrected chi connectivity index (χ2v) is 9.11. The molecule has 1 N–H and O–H groups in total. The third-order valence-corrected chi connectivity index (χ3v) is 6.51. The van der Waals surface area contributed by atoms with Gasteiger partial charge in [-0.05, 0) is 57.6 Å². The third kappa shape index (κ3) is 4.26. The van der Waals surface area contributed by atoms with Crippen LogP contribution in [-0.2, 0) is 0 Å². The normalized spacial score (nSPS) is 14.5. The van der Waals surface area contributed by atoms with E-state index in [2.05, 4.69) is 45.3 Å². The minimum absolute atomic E-state index is 0.209. The first-order valence-electron chi connectivity index (χ1n) is 11.6. The fraction of sp³-hybridized carbons (Fsp3) is 0.296. The first-order valence-corrected chi connectivity index (χ1v) is 11.6. The fourth-order valence-electron chi connectivity index (χ4n) is 4.48. The highest BCUT2D eigenvalue weighted by atomic mass is 16.5. The summed E-state index contributed by atoms with van der Waals surface area (Å²) in [6, 6.07) is 16.0. The predicted molar refractivity (Wildman–Crippen MR) is 136 cm³/mol. The van der Waals surface area contributed by atoms with Crippen LogP contribution in [0.2, 0.25) is 0 Å². The Kier molecular flexibility index (Phi) is 5.79. The number of anilines is 2. The molecule has 4 aromatic rings. The van der Waals surface area contributed by atoms with Crippen LogP contribution in [0.3, 0.4) is 0 Å². The molecule has 2 aromatic heterocycles. The zero-order valence-electron chi connectivity index (χ0n) is 20.1. The van der Waals surface area contributed by atoms with Crippen LogP contribution in [0.1, 0.15) is 27.2 Å². The van der Waals surface area contributed by atoms with Crippen LogP contribution in [0.25, 0.3) is 22.4 Å². The van der Waals surface area contributed by atoms with Gasteiger partial charge in [-0.15, -0.1) is 0 Å². The predicted octanol–water partition coefficient (Wildman–Crippen LogP) is 4.82. The van der Waals surface area contributed by atoms with E-state index in [1.54, 1.807) is 0 Å². The molecule has 1 aliphatic rings. The van der Waals surface area contributed by atoms with E-state index in [0.29, 0.717) is 28.1 Å². The molecule has 0 spiro atoms. The van der Waals surface area contributed by atoms with E-state index in [1.807, 2.05) is 56.3 Å². The topological polar surface area (TPSA) is 74.5 Å². The Hall–Kier alpha value is -3.71. The monoisotopic (exact) mass is 455 g/mol. The summed E-state index contributed by atoms with van der Waals surface area (Å²) in [6.07, 6.45) is 0. The van der Waals surface area contributed by atoms with Gasteiger partial charge in [0, 0.05) is 43.1 Å². The van der Waals surface area contributed by atoms with Gasteiger partial charge in [0.25, 0.3) is 11.6 Å². The standard InChI is InChI=1S/C27H29N5O2/c1-17-5-7-20(8-6-17)23-16-22(25-19(3)30-34-27(25)29-23)26(33)28-21-9-10-24(18(2)15-21)32-13-11-31(4)12-14-32/h5-10,15-16H,11-14H2,1-4H3,(H,28,33). The summed E-state index contributed by atoms with van der Waals surface area (Å²) in [7, 11) is 2.15. The third-order valence-electron chi connectivity index (χ3n) is 6.51. The van der Waals surface area contributed by atoms with E-state index in [0.717, 1.165) is 48.6 Å². The number of rotatable bonds is 4. The average molecular weight is 456 g/mol. The molecule has 5 rings (SSSR count). The van der Waals surface area contributed by atoms with Crippen molar-refractivity contribution in [3.63, 3.8) is 0 Å². The number of pyridine rings is 1. The van der Waals surface area contributed by atoms with Crippen molar-refractivity contribution in [2.45, 2.75) is 20.8 Å². The number of nitrogens with zero attached hydrogens (tertiary/aromatic N) is 4. The molecular formula is C27H29N5O2. The van der Waals surface area contributed by atoms with Crippen molar-refractivity contribution in [1.29, 1.82) is 0 Å². The van der Waals surface area contributed by atoms with Crippen LogP contribution in [0.4, 0.5) is 11.4 Å². The SMILES string of the molecule is Cc1ccc(-c2cc(C(=O)Nc3ccc(N4CCN(C)CC4)c(C)c3)c3c(C)noc3n2)cc1. The van der Waals surface area contributed by atoms with Gasteiger partial charge in [-0.2, -0.15) is 0 Å². The minimum Gasteiger partial charge on any atom is -0.369 e. The maximum atomic E-state index is 13.4. The quantitative estimate of drug-likeness (QED) is 0.476.